The molecule has 1 amide bonds. The predicted octanol–water partition coefficient (Wildman–Crippen LogP) is 3.10. The van der Waals surface area contributed by atoms with E-state index in [0.29, 0.717) is 15.2 Å². The van der Waals surface area contributed by atoms with Crippen LogP contribution in [0.3, 0.4) is 0 Å². The Bertz CT molecular complexity index is 969. The van der Waals surface area contributed by atoms with Crippen LogP contribution in [0.4, 0.5) is 10.8 Å². The number of nitrogens with two attached hydrogens (primary N) is 1. The number of benzene rings is 1. The van der Waals surface area contributed by atoms with Crippen LogP contribution in [0.25, 0.3) is 17.0 Å². The molecule has 0 bridgehead atoms. The van der Waals surface area contributed by atoms with E-state index in [1.54, 1.807) is 12.3 Å². The minimum atomic E-state index is -0.165. The number of thioether (sulfide) groups is 1. The van der Waals surface area contributed by atoms with Gasteiger partial charge in [-0.15, -0.1) is 0 Å². The van der Waals surface area contributed by atoms with Gasteiger partial charge in [0.1, 0.15) is 0 Å². The van der Waals surface area contributed by atoms with Crippen molar-refractivity contribution < 1.29 is 4.79 Å². The summed E-state index contributed by atoms with van der Waals surface area (Å²) in [6, 6.07) is 7.85. The zero-order chi connectivity index (χ0) is 15.8. The fourth-order valence-corrected chi connectivity index (χ4v) is 3.74. The molecule has 23 heavy (non-hydrogen) atoms. The van der Waals surface area contributed by atoms with Crippen molar-refractivity contribution in [3.63, 3.8) is 0 Å². The van der Waals surface area contributed by atoms with Crippen LogP contribution < -0.4 is 11.1 Å². The number of thiazole rings is 1. The van der Waals surface area contributed by atoms with E-state index < -0.39 is 0 Å². The Kier molecular flexibility index (Phi) is 3.40. The van der Waals surface area contributed by atoms with Gasteiger partial charge in [-0.1, -0.05) is 17.4 Å². The van der Waals surface area contributed by atoms with Gasteiger partial charge in [-0.2, -0.15) is 0 Å². The second kappa shape index (κ2) is 5.56. The topological polar surface area (TPSA) is 96.2 Å². The highest BCUT2D eigenvalue weighted by molar-refractivity contribution is 8.18. The van der Waals surface area contributed by atoms with Gasteiger partial charge in [-0.3, -0.25) is 4.79 Å². The molecule has 0 aliphatic carbocycles. The second-order valence-corrected chi connectivity index (χ2v) is 6.96. The number of nitrogen functional groups attached to an aromatic ring is 1. The summed E-state index contributed by atoms with van der Waals surface area (Å²) in [5.41, 5.74) is 7.39. The minimum absolute atomic E-state index is 0.165. The van der Waals surface area contributed by atoms with Crippen LogP contribution in [0.15, 0.2) is 46.6 Å². The molecule has 3 aromatic rings. The Balaban J connectivity index is 1.60. The number of anilines is 1. The number of H-pyrrole nitrogens is 1. The predicted molar refractivity (Wildman–Crippen MR) is 95.6 cm³/mol. The number of fused-ring (bicyclic) bond motifs is 1. The number of carbonyl (C=O) groups excluding carboxylic acids is 1. The number of carbonyl (C=O) groups is 1. The molecule has 0 radical (unpaired) electrons. The normalized spacial score (nSPS) is 18.2. The third kappa shape index (κ3) is 2.86. The summed E-state index contributed by atoms with van der Waals surface area (Å²) in [6.45, 7) is 0. The van der Waals surface area contributed by atoms with Gasteiger partial charge in [0.05, 0.1) is 15.5 Å². The van der Waals surface area contributed by atoms with E-state index in [2.05, 4.69) is 20.3 Å². The summed E-state index contributed by atoms with van der Waals surface area (Å²) in [6.07, 6.45) is 5.30. The van der Waals surface area contributed by atoms with E-state index in [1.807, 2.05) is 30.5 Å². The molecule has 1 fully saturated rings. The molecule has 8 heteroatoms. The number of aliphatic imine (C=N–C) groups is 1. The van der Waals surface area contributed by atoms with Gasteiger partial charge in [0.15, 0.2) is 10.3 Å². The average Bonchev–Trinajstić information content (AvgIpc) is 3.21. The average molecular weight is 341 g/mol. The lowest BCUT2D eigenvalue weighted by Gasteiger charge is -1.97. The summed E-state index contributed by atoms with van der Waals surface area (Å²) >= 11 is 2.64. The highest BCUT2D eigenvalue weighted by atomic mass is 32.2. The number of amidine groups is 1. The van der Waals surface area contributed by atoms with Gasteiger partial charge in [-0.05, 0) is 41.4 Å². The monoisotopic (exact) mass is 341 g/mol. The molecule has 0 saturated carbocycles. The molecule has 3 heterocycles. The van der Waals surface area contributed by atoms with E-state index >= 15 is 0 Å². The standard InChI is InChI=1S/C15H11N5OS2/c16-14-18-7-10(22-14)6-12-13(21)20-15(23-12)19-9-2-1-8-3-4-17-11(8)5-9/h1-7,17H,(H2,16,18)(H,19,20,21). The van der Waals surface area contributed by atoms with Crippen molar-refractivity contribution in [3.8, 4) is 0 Å². The number of amides is 1. The summed E-state index contributed by atoms with van der Waals surface area (Å²) in [7, 11) is 0. The van der Waals surface area contributed by atoms with Crippen molar-refractivity contribution in [2.24, 2.45) is 4.99 Å². The van der Waals surface area contributed by atoms with E-state index in [4.69, 9.17) is 5.73 Å². The lowest BCUT2D eigenvalue weighted by atomic mass is 10.2. The van der Waals surface area contributed by atoms with E-state index in [1.165, 1.54) is 23.1 Å². The van der Waals surface area contributed by atoms with Crippen molar-refractivity contribution >= 4 is 62.0 Å². The van der Waals surface area contributed by atoms with Crippen molar-refractivity contribution in [1.29, 1.82) is 0 Å². The van der Waals surface area contributed by atoms with Crippen molar-refractivity contribution in [1.82, 2.24) is 15.3 Å². The molecule has 4 rings (SSSR count). The smallest absolute Gasteiger partial charge is 0.264 e. The quantitative estimate of drug-likeness (QED) is 0.624. The Morgan fingerprint density at radius 1 is 1.30 bits per heavy atom. The largest absolute Gasteiger partial charge is 0.375 e. The summed E-state index contributed by atoms with van der Waals surface area (Å²) in [4.78, 5) is 25.0. The Morgan fingerprint density at radius 2 is 2.22 bits per heavy atom. The maximum Gasteiger partial charge on any atom is 0.264 e. The molecule has 4 N–H and O–H groups in total. The van der Waals surface area contributed by atoms with Crippen LogP contribution in [0.1, 0.15) is 4.88 Å². The second-order valence-electron chi connectivity index (χ2n) is 4.83. The first kappa shape index (κ1) is 14.0. The number of nitrogens with one attached hydrogen (secondary N) is 2. The van der Waals surface area contributed by atoms with Crippen LogP contribution in [-0.4, -0.2) is 21.0 Å². The number of nitrogens with zero attached hydrogens (tertiary/aromatic N) is 2. The maximum atomic E-state index is 12.0. The molecule has 0 atom stereocenters. The van der Waals surface area contributed by atoms with Crippen LogP contribution >= 0.6 is 23.1 Å². The minimum Gasteiger partial charge on any atom is -0.375 e. The Morgan fingerprint density at radius 3 is 3.04 bits per heavy atom. The van der Waals surface area contributed by atoms with Crippen LogP contribution in [-0.2, 0) is 4.79 Å². The van der Waals surface area contributed by atoms with Crippen molar-refractivity contribution in [3.05, 3.63) is 46.4 Å². The molecular weight excluding hydrogens is 330 g/mol. The third-order valence-electron chi connectivity index (χ3n) is 3.23. The third-order valence-corrected chi connectivity index (χ3v) is 4.92. The number of aromatic amines is 1. The summed E-state index contributed by atoms with van der Waals surface area (Å²) < 4.78 is 0. The van der Waals surface area contributed by atoms with E-state index in [-0.39, 0.29) is 5.91 Å². The SMILES string of the molecule is Nc1ncc(C=C2SC(=Nc3ccc4cc[nH]c4c3)NC2=O)s1. The molecular formula is C15H11N5OS2. The van der Waals surface area contributed by atoms with Gasteiger partial charge in [-0.25, -0.2) is 9.98 Å². The number of hydrogen-bond donors (Lipinski definition) is 3. The number of hydrogen-bond acceptors (Lipinski definition) is 6. The molecule has 1 aromatic carbocycles. The lowest BCUT2D eigenvalue weighted by Crippen LogP contribution is -2.19. The zero-order valence-electron chi connectivity index (χ0n) is 11.7. The molecule has 1 saturated heterocycles. The van der Waals surface area contributed by atoms with Gasteiger partial charge >= 0.3 is 0 Å². The molecule has 1 aliphatic heterocycles. The fourth-order valence-electron chi connectivity index (χ4n) is 2.20. The number of aromatic nitrogens is 2. The Hall–Kier alpha value is -2.58. The first-order chi connectivity index (χ1) is 11.2. The molecule has 1 aliphatic rings. The van der Waals surface area contributed by atoms with Crippen LogP contribution in [0, 0.1) is 0 Å². The van der Waals surface area contributed by atoms with Gasteiger partial charge in [0, 0.05) is 17.9 Å². The highest BCUT2D eigenvalue weighted by Gasteiger charge is 2.24. The highest BCUT2D eigenvalue weighted by Crippen LogP contribution is 2.30. The first-order valence-corrected chi connectivity index (χ1v) is 8.39. The van der Waals surface area contributed by atoms with E-state index in [9.17, 15) is 4.79 Å². The molecule has 0 unspecified atom stereocenters. The summed E-state index contributed by atoms with van der Waals surface area (Å²) in [5.74, 6) is -0.165. The van der Waals surface area contributed by atoms with Gasteiger partial charge < -0.3 is 16.0 Å². The maximum absolute atomic E-state index is 12.0. The lowest BCUT2D eigenvalue weighted by molar-refractivity contribution is -0.115. The van der Waals surface area contributed by atoms with Crippen LogP contribution in [0.2, 0.25) is 0 Å². The van der Waals surface area contributed by atoms with Gasteiger partial charge in [0.2, 0.25) is 0 Å². The Labute approximate surface area is 139 Å². The molecule has 114 valence electrons. The van der Waals surface area contributed by atoms with Crippen LogP contribution in [0.5, 0.6) is 0 Å². The summed E-state index contributed by atoms with van der Waals surface area (Å²) in [5, 5.41) is 4.94. The van der Waals surface area contributed by atoms with E-state index in [0.717, 1.165) is 21.5 Å². The molecule has 2 aromatic heterocycles. The fraction of sp³-hybridized carbons (Fsp3) is 0. The first-order valence-electron chi connectivity index (χ1n) is 6.75. The molecule has 6 nitrogen and oxygen atoms in total. The van der Waals surface area contributed by atoms with Crippen molar-refractivity contribution in [2.75, 3.05) is 5.73 Å². The number of rotatable bonds is 2. The molecule has 0 spiro atoms. The van der Waals surface area contributed by atoms with Gasteiger partial charge in [0.25, 0.3) is 5.91 Å². The van der Waals surface area contributed by atoms with Crippen molar-refractivity contribution in [2.45, 2.75) is 0 Å². The zero-order valence-corrected chi connectivity index (χ0v) is 13.4.